The maximum Gasteiger partial charge on any atom is 0.411 e. The van der Waals surface area contributed by atoms with Gasteiger partial charge in [-0.15, -0.1) is 0 Å². The molecule has 0 aromatic carbocycles. The van der Waals surface area contributed by atoms with Crippen LogP contribution in [-0.4, -0.2) is 59.4 Å². The fraction of sp³-hybridized carbons (Fsp3) is 0.750. The van der Waals surface area contributed by atoms with Gasteiger partial charge in [-0.2, -0.15) is 10.5 Å². The van der Waals surface area contributed by atoms with E-state index in [1.54, 1.807) is 41.5 Å². The van der Waals surface area contributed by atoms with Crippen molar-refractivity contribution in [1.29, 1.82) is 10.5 Å². The van der Waals surface area contributed by atoms with Gasteiger partial charge in [0.05, 0.1) is 12.1 Å². The number of carbonyl (C=O) groups excluding carboxylic acids is 2. The maximum atomic E-state index is 12.1. The summed E-state index contributed by atoms with van der Waals surface area (Å²) in [6.45, 7) is 10.1. The van der Waals surface area contributed by atoms with Gasteiger partial charge in [-0.25, -0.2) is 9.59 Å². The van der Waals surface area contributed by atoms with Gasteiger partial charge < -0.3 is 9.47 Å². The molecule has 8 nitrogen and oxygen atoms in total. The fourth-order valence-electron chi connectivity index (χ4n) is 1.53. The van der Waals surface area contributed by atoms with Gasteiger partial charge >= 0.3 is 12.2 Å². The molecular formula is C16H26N4O4. The number of nitrogens with zero attached hydrogens (tertiary/aromatic N) is 4. The van der Waals surface area contributed by atoms with Crippen LogP contribution in [0.3, 0.4) is 0 Å². The van der Waals surface area contributed by atoms with Crippen molar-refractivity contribution in [3.63, 3.8) is 0 Å². The predicted octanol–water partition coefficient (Wildman–Crippen LogP) is 2.51. The number of rotatable bonds is 5. The van der Waals surface area contributed by atoms with Crippen LogP contribution < -0.4 is 0 Å². The second-order valence-electron chi connectivity index (χ2n) is 7.12. The standard InChI is InChI=1S/C16H26N4O4/c1-15(2,3)23-13(21)19(9-7-17)11-12-20(10-8-18)14(22)24-16(4,5)6/h9-12H2,1-6H3. The van der Waals surface area contributed by atoms with E-state index >= 15 is 0 Å². The van der Waals surface area contributed by atoms with Crippen LogP contribution in [0.2, 0.25) is 0 Å². The molecule has 0 saturated carbocycles. The lowest BCUT2D eigenvalue weighted by Gasteiger charge is -2.29. The molecule has 0 unspecified atom stereocenters. The minimum atomic E-state index is -0.692. The molecule has 0 aliphatic rings. The second kappa shape index (κ2) is 8.97. The molecule has 0 radical (unpaired) electrons. The Balaban J connectivity index is 4.89. The molecule has 0 N–H and O–H groups in total. The summed E-state index contributed by atoms with van der Waals surface area (Å²) in [6, 6.07) is 3.77. The molecule has 0 aliphatic carbocycles. The second-order valence-corrected chi connectivity index (χ2v) is 7.12. The molecule has 0 aliphatic heterocycles. The van der Waals surface area contributed by atoms with Crippen molar-refractivity contribution in [2.75, 3.05) is 26.2 Å². The first-order valence-electron chi connectivity index (χ1n) is 7.59. The number of hydrogen-bond donors (Lipinski definition) is 0. The third-order valence-electron chi connectivity index (χ3n) is 2.47. The maximum absolute atomic E-state index is 12.1. The zero-order valence-electron chi connectivity index (χ0n) is 15.3. The number of carbonyl (C=O) groups is 2. The Morgan fingerprint density at radius 1 is 0.792 bits per heavy atom. The summed E-state index contributed by atoms with van der Waals surface area (Å²) in [5.74, 6) is 0. The van der Waals surface area contributed by atoms with Crippen LogP contribution in [0.25, 0.3) is 0 Å². The van der Waals surface area contributed by atoms with Crippen molar-refractivity contribution in [2.45, 2.75) is 52.7 Å². The van der Waals surface area contributed by atoms with Crippen molar-refractivity contribution >= 4 is 12.2 Å². The van der Waals surface area contributed by atoms with Gasteiger partial charge in [-0.05, 0) is 41.5 Å². The quantitative estimate of drug-likeness (QED) is 0.713. The molecule has 134 valence electrons. The average Bonchev–Trinajstić information content (AvgIpc) is 2.37. The minimum Gasteiger partial charge on any atom is -0.444 e. The number of nitriles is 2. The van der Waals surface area contributed by atoms with Crippen molar-refractivity contribution < 1.29 is 19.1 Å². The van der Waals surface area contributed by atoms with E-state index in [0.29, 0.717) is 0 Å². The van der Waals surface area contributed by atoms with Crippen molar-refractivity contribution in [3.05, 3.63) is 0 Å². The Labute approximate surface area is 143 Å². The Kier molecular flexibility index (Phi) is 8.05. The van der Waals surface area contributed by atoms with Crippen LogP contribution in [0.15, 0.2) is 0 Å². The molecule has 0 saturated heterocycles. The highest BCUT2D eigenvalue weighted by atomic mass is 16.6. The zero-order chi connectivity index (χ0) is 19.0. The zero-order valence-corrected chi connectivity index (χ0v) is 15.3. The summed E-state index contributed by atoms with van der Waals surface area (Å²) < 4.78 is 10.4. The molecule has 8 heteroatoms. The summed E-state index contributed by atoms with van der Waals surface area (Å²) >= 11 is 0. The van der Waals surface area contributed by atoms with Crippen LogP contribution in [0.1, 0.15) is 41.5 Å². The lowest BCUT2D eigenvalue weighted by atomic mass is 10.2. The Morgan fingerprint density at radius 3 is 1.29 bits per heavy atom. The Bertz CT molecular complexity index is 472. The highest BCUT2D eigenvalue weighted by molar-refractivity contribution is 5.70. The van der Waals surface area contributed by atoms with E-state index in [9.17, 15) is 9.59 Å². The summed E-state index contributed by atoms with van der Waals surface area (Å²) in [4.78, 5) is 26.5. The lowest BCUT2D eigenvalue weighted by molar-refractivity contribution is 0.0168. The molecule has 0 fully saturated rings. The molecule has 0 heterocycles. The van der Waals surface area contributed by atoms with Crippen LogP contribution in [0, 0.1) is 22.7 Å². The first kappa shape index (κ1) is 21.5. The van der Waals surface area contributed by atoms with Gasteiger partial charge in [0.15, 0.2) is 0 Å². The molecule has 0 rings (SSSR count). The van der Waals surface area contributed by atoms with Gasteiger partial charge in [0, 0.05) is 13.1 Å². The van der Waals surface area contributed by atoms with Crippen molar-refractivity contribution in [2.24, 2.45) is 0 Å². The SMILES string of the molecule is CC(C)(C)OC(=O)N(CC#N)CCN(CC#N)C(=O)OC(C)(C)C. The van der Waals surface area contributed by atoms with Gasteiger partial charge in [-0.1, -0.05) is 0 Å². The highest BCUT2D eigenvalue weighted by Crippen LogP contribution is 2.12. The van der Waals surface area contributed by atoms with Gasteiger partial charge in [-0.3, -0.25) is 9.80 Å². The molecule has 24 heavy (non-hydrogen) atoms. The Morgan fingerprint density at radius 2 is 1.08 bits per heavy atom. The predicted molar refractivity (Wildman–Crippen MR) is 86.8 cm³/mol. The van der Waals surface area contributed by atoms with Crippen LogP contribution in [0.5, 0.6) is 0 Å². The fourth-order valence-corrected chi connectivity index (χ4v) is 1.53. The average molecular weight is 338 g/mol. The highest BCUT2D eigenvalue weighted by Gasteiger charge is 2.25. The van der Waals surface area contributed by atoms with Crippen LogP contribution in [0.4, 0.5) is 9.59 Å². The normalized spacial score (nSPS) is 11.0. The van der Waals surface area contributed by atoms with Crippen molar-refractivity contribution in [1.82, 2.24) is 9.80 Å². The number of hydrogen-bond acceptors (Lipinski definition) is 6. The van der Waals surface area contributed by atoms with Gasteiger partial charge in [0.1, 0.15) is 24.3 Å². The first-order valence-corrected chi connectivity index (χ1v) is 7.59. The largest absolute Gasteiger partial charge is 0.444 e. The Hall–Kier alpha value is -2.48. The molecule has 0 atom stereocenters. The molecular weight excluding hydrogens is 312 g/mol. The van der Waals surface area contributed by atoms with E-state index in [-0.39, 0.29) is 26.2 Å². The smallest absolute Gasteiger partial charge is 0.411 e. The number of amides is 2. The van der Waals surface area contributed by atoms with E-state index in [0.717, 1.165) is 0 Å². The van der Waals surface area contributed by atoms with Crippen molar-refractivity contribution in [3.8, 4) is 12.1 Å². The van der Waals surface area contributed by atoms with E-state index < -0.39 is 23.4 Å². The lowest BCUT2D eigenvalue weighted by Crippen LogP contribution is -2.44. The molecule has 0 spiro atoms. The summed E-state index contributed by atoms with van der Waals surface area (Å²) in [5, 5.41) is 17.7. The van der Waals surface area contributed by atoms with E-state index in [1.165, 1.54) is 9.80 Å². The summed E-state index contributed by atoms with van der Waals surface area (Å²) in [5.41, 5.74) is -1.38. The minimum absolute atomic E-state index is 0.0589. The van der Waals surface area contributed by atoms with Gasteiger partial charge in [0.2, 0.25) is 0 Å². The van der Waals surface area contributed by atoms with Crippen LogP contribution in [-0.2, 0) is 9.47 Å². The monoisotopic (exact) mass is 338 g/mol. The topological polar surface area (TPSA) is 107 Å². The van der Waals surface area contributed by atoms with E-state index in [2.05, 4.69) is 0 Å². The molecule has 0 aromatic rings. The third-order valence-corrected chi connectivity index (χ3v) is 2.47. The summed E-state index contributed by atoms with van der Waals surface area (Å²) in [6.07, 6.45) is -1.30. The van der Waals surface area contributed by atoms with Gasteiger partial charge in [0.25, 0.3) is 0 Å². The van der Waals surface area contributed by atoms with E-state index in [1.807, 2.05) is 12.1 Å². The number of ether oxygens (including phenoxy) is 2. The summed E-state index contributed by atoms with van der Waals surface area (Å²) in [7, 11) is 0. The molecule has 0 bridgehead atoms. The molecule has 0 aromatic heterocycles. The van der Waals surface area contributed by atoms with Crippen LogP contribution >= 0.6 is 0 Å². The molecule has 2 amide bonds. The van der Waals surface area contributed by atoms with E-state index in [4.69, 9.17) is 20.0 Å². The third kappa shape index (κ3) is 9.52. The first-order chi connectivity index (χ1) is 10.9.